The van der Waals surface area contributed by atoms with E-state index in [1.807, 2.05) is 66.9 Å². The van der Waals surface area contributed by atoms with Crippen LogP contribution in [0.5, 0.6) is 0 Å². The predicted molar refractivity (Wildman–Crippen MR) is 176 cm³/mol. The van der Waals surface area contributed by atoms with Crippen LogP contribution >= 0.6 is 0 Å². The number of para-hydroxylation sites is 1. The zero-order valence-electron chi connectivity index (χ0n) is 23.4. The molecule has 0 N–H and O–H groups in total. The van der Waals surface area contributed by atoms with Crippen LogP contribution in [0.3, 0.4) is 0 Å². The van der Waals surface area contributed by atoms with Crippen LogP contribution in [0.1, 0.15) is 0 Å². The zero-order chi connectivity index (χ0) is 29.0. The number of pyridine rings is 1. The van der Waals surface area contributed by atoms with Crippen LogP contribution in [-0.2, 0) is 0 Å². The minimum Gasteiger partial charge on any atom is -0.456 e. The van der Waals surface area contributed by atoms with Gasteiger partial charge in [-0.15, -0.1) is 0 Å². The van der Waals surface area contributed by atoms with Gasteiger partial charge in [0.1, 0.15) is 11.2 Å². The molecule has 0 atom stereocenters. The van der Waals surface area contributed by atoms with E-state index >= 15 is 0 Å². The van der Waals surface area contributed by atoms with Crippen LogP contribution in [0.2, 0.25) is 0 Å². The second-order valence-corrected chi connectivity index (χ2v) is 10.8. The summed E-state index contributed by atoms with van der Waals surface area (Å²) in [5, 5.41) is 4.13. The fraction of sp³-hybridized carbons (Fsp3) is 0. The summed E-state index contributed by atoms with van der Waals surface area (Å²) in [6.07, 6.45) is 3.58. The first-order valence-electron chi connectivity index (χ1n) is 14.5. The largest absolute Gasteiger partial charge is 0.456 e. The molecule has 0 spiro atoms. The Balaban J connectivity index is 1.35. The van der Waals surface area contributed by atoms with E-state index in [1.54, 1.807) is 6.20 Å². The third-order valence-corrected chi connectivity index (χ3v) is 8.17. The Hall–Kier alpha value is -6.14. The van der Waals surface area contributed by atoms with Gasteiger partial charge in [0.2, 0.25) is 5.95 Å². The first-order valence-corrected chi connectivity index (χ1v) is 14.5. The summed E-state index contributed by atoms with van der Waals surface area (Å²) < 4.78 is 8.32. The molecule has 9 rings (SSSR count). The molecule has 44 heavy (non-hydrogen) atoms. The van der Waals surface area contributed by atoms with Crippen LogP contribution in [0.25, 0.3) is 83.6 Å². The molecule has 5 aromatic carbocycles. The number of fused-ring (bicyclic) bond motifs is 6. The lowest BCUT2D eigenvalue weighted by Gasteiger charge is -2.11. The molecule has 4 aromatic heterocycles. The lowest BCUT2D eigenvalue weighted by Crippen LogP contribution is -2.06. The fourth-order valence-corrected chi connectivity index (χ4v) is 6.16. The normalized spacial score (nSPS) is 11.6. The maximum Gasteiger partial charge on any atom is 0.238 e. The Morgan fingerprint density at radius 2 is 1.25 bits per heavy atom. The van der Waals surface area contributed by atoms with Crippen molar-refractivity contribution in [3.05, 3.63) is 140 Å². The van der Waals surface area contributed by atoms with E-state index in [2.05, 4.69) is 76.3 Å². The van der Waals surface area contributed by atoms with Crippen molar-refractivity contribution in [3.63, 3.8) is 0 Å². The standard InChI is InChI=1S/C38H23N5O/c1-3-10-24(11-4-1)26-18-19-32-29(22-26)27-14-7-8-16-31(27)43(32)38-41-36(25-12-5-2-6-13-25)40-37(42-38)28-15-9-17-34-35(28)30-23-39-21-20-33(30)44-34/h1-23H. The quantitative estimate of drug-likeness (QED) is 0.213. The highest BCUT2D eigenvalue weighted by Crippen LogP contribution is 2.37. The zero-order valence-corrected chi connectivity index (χ0v) is 23.4. The Kier molecular flexibility index (Phi) is 5.40. The Labute approximate surface area is 251 Å². The second-order valence-electron chi connectivity index (χ2n) is 10.8. The molecule has 0 bridgehead atoms. The number of nitrogens with zero attached hydrogens (tertiary/aromatic N) is 5. The van der Waals surface area contributed by atoms with Crippen molar-refractivity contribution in [1.29, 1.82) is 0 Å². The first kappa shape index (κ1) is 24.5. The van der Waals surface area contributed by atoms with E-state index in [4.69, 9.17) is 19.4 Å². The van der Waals surface area contributed by atoms with Crippen molar-refractivity contribution in [2.24, 2.45) is 0 Å². The molecule has 0 radical (unpaired) electrons. The molecule has 0 aliphatic heterocycles. The fourth-order valence-electron chi connectivity index (χ4n) is 6.16. The Morgan fingerprint density at radius 3 is 2.11 bits per heavy atom. The van der Waals surface area contributed by atoms with E-state index < -0.39 is 0 Å². The second kappa shape index (κ2) is 9.71. The number of hydrogen-bond acceptors (Lipinski definition) is 5. The number of hydrogen-bond donors (Lipinski definition) is 0. The van der Waals surface area contributed by atoms with Gasteiger partial charge < -0.3 is 4.42 Å². The summed E-state index contributed by atoms with van der Waals surface area (Å²) >= 11 is 0. The van der Waals surface area contributed by atoms with E-state index in [0.29, 0.717) is 17.6 Å². The van der Waals surface area contributed by atoms with E-state index in [1.165, 1.54) is 5.56 Å². The lowest BCUT2D eigenvalue weighted by molar-refractivity contribution is 0.668. The highest BCUT2D eigenvalue weighted by molar-refractivity contribution is 6.12. The molecule has 6 heteroatoms. The van der Waals surface area contributed by atoms with Gasteiger partial charge in [0.25, 0.3) is 0 Å². The van der Waals surface area contributed by atoms with Crippen molar-refractivity contribution < 1.29 is 4.42 Å². The monoisotopic (exact) mass is 565 g/mol. The Morgan fingerprint density at radius 1 is 0.500 bits per heavy atom. The van der Waals surface area contributed by atoms with Crippen LogP contribution in [0, 0.1) is 0 Å². The molecule has 0 saturated carbocycles. The molecular weight excluding hydrogens is 542 g/mol. The average molecular weight is 566 g/mol. The van der Waals surface area contributed by atoms with E-state index in [9.17, 15) is 0 Å². The van der Waals surface area contributed by atoms with Gasteiger partial charge in [0, 0.05) is 45.1 Å². The summed E-state index contributed by atoms with van der Waals surface area (Å²) in [5.74, 6) is 1.72. The predicted octanol–water partition coefficient (Wildman–Crippen LogP) is 9.26. The molecule has 4 heterocycles. The van der Waals surface area contributed by atoms with Crippen LogP contribution in [-0.4, -0.2) is 24.5 Å². The first-order chi connectivity index (χ1) is 21.8. The maximum absolute atomic E-state index is 6.18. The van der Waals surface area contributed by atoms with Crippen LogP contribution in [0.4, 0.5) is 0 Å². The van der Waals surface area contributed by atoms with Crippen LogP contribution < -0.4 is 0 Å². The van der Waals surface area contributed by atoms with Crippen molar-refractivity contribution in [2.75, 3.05) is 0 Å². The van der Waals surface area contributed by atoms with Gasteiger partial charge in [-0.05, 0) is 41.5 Å². The van der Waals surface area contributed by atoms with Gasteiger partial charge in [-0.3, -0.25) is 9.55 Å². The number of aromatic nitrogens is 5. The van der Waals surface area contributed by atoms with E-state index in [0.717, 1.165) is 60.4 Å². The summed E-state index contributed by atoms with van der Waals surface area (Å²) in [6.45, 7) is 0. The van der Waals surface area contributed by atoms with Gasteiger partial charge in [-0.25, -0.2) is 4.98 Å². The maximum atomic E-state index is 6.18. The highest BCUT2D eigenvalue weighted by atomic mass is 16.3. The summed E-state index contributed by atoms with van der Waals surface area (Å²) in [6, 6.07) is 43.4. The average Bonchev–Trinajstić information content (AvgIpc) is 3.64. The SMILES string of the molecule is c1ccc(-c2ccc3c(c2)c2ccccc2n3-c2nc(-c3ccccc3)nc(-c3cccc4oc5ccncc5c34)n2)cc1. The summed E-state index contributed by atoms with van der Waals surface area (Å²) in [5.41, 5.74) is 7.70. The number of rotatable bonds is 4. The number of benzene rings is 5. The molecule has 6 nitrogen and oxygen atoms in total. The smallest absolute Gasteiger partial charge is 0.238 e. The van der Waals surface area contributed by atoms with Gasteiger partial charge in [-0.2, -0.15) is 9.97 Å². The number of furan rings is 1. The molecule has 9 aromatic rings. The summed E-state index contributed by atoms with van der Waals surface area (Å²) in [7, 11) is 0. The lowest BCUT2D eigenvalue weighted by atomic mass is 10.0. The molecule has 0 amide bonds. The highest BCUT2D eigenvalue weighted by Gasteiger charge is 2.20. The molecule has 0 aliphatic carbocycles. The van der Waals surface area contributed by atoms with Crippen molar-refractivity contribution in [1.82, 2.24) is 24.5 Å². The molecule has 206 valence electrons. The third kappa shape index (κ3) is 3.82. The van der Waals surface area contributed by atoms with Crippen molar-refractivity contribution in [2.45, 2.75) is 0 Å². The molecule has 0 aliphatic rings. The minimum absolute atomic E-state index is 0.551. The van der Waals surface area contributed by atoms with Crippen molar-refractivity contribution >= 4 is 43.7 Å². The van der Waals surface area contributed by atoms with Gasteiger partial charge >= 0.3 is 0 Å². The van der Waals surface area contributed by atoms with Gasteiger partial charge in [0.15, 0.2) is 11.6 Å². The third-order valence-electron chi connectivity index (χ3n) is 8.17. The van der Waals surface area contributed by atoms with Crippen molar-refractivity contribution in [3.8, 4) is 39.9 Å². The molecule has 0 unspecified atom stereocenters. The van der Waals surface area contributed by atoms with Gasteiger partial charge in [0.05, 0.1) is 11.0 Å². The summed E-state index contributed by atoms with van der Waals surface area (Å²) in [4.78, 5) is 19.7. The topological polar surface area (TPSA) is 69.6 Å². The molecule has 0 saturated heterocycles. The molecular formula is C38H23N5O. The van der Waals surface area contributed by atoms with Crippen LogP contribution in [0.15, 0.2) is 144 Å². The minimum atomic E-state index is 0.551. The Bertz CT molecular complexity index is 2500. The molecule has 0 fully saturated rings. The van der Waals surface area contributed by atoms with E-state index in [-0.39, 0.29) is 0 Å². The van der Waals surface area contributed by atoms with Gasteiger partial charge in [-0.1, -0.05) is 97.1 Å².